The maximum absolute atomic E-state index is 5.44. The van der Waals surface area contributed by atoms with Crippen LogP contribution in [0.3, 0.4) is 0 Å². The summed E-state index contributed by atoms with van der Waals surface area (Å²) in [4.78, 5) is 0. The zero-order valence-corrected chi connectivity index (χ0v) is 14.1. The van der Waals surface area contributed by atoms with Crippen LogP contribution >= 0.6 is 43.2 Å². The second-order valence-electron chi connectivity index (χ2n) is 4.11. The summed E-state index contributed by atoms with van der Waals surface area (Å²) in [6.07, 6.45) is 0. The lowest BCUT2D eigenvalue weighted by Crippen LogP contribution is -2.17. The third kappa shape index (κ3) is 2.54. The van der Waals surface area contributed by atoms with Crippen LogP contribution in [0.15, 0.2) is 31.8 Å². The van der Waals surface area contributed by atoms with E-state index < -0.39 is 0 Å². The molecule has 0 saturated carbocycles. The molecule has 1 aromatic heterocycles. The Morgan fingerprint density at radius 1 is 1.21 bits per heavy atom. The molecule has 0 spiro atoms. The van der Waals surface area contributed by atoms with E-state index in [1.165, 1.54) is 5.56 Å². The Balaban J connectivity index is 2.00. The second-order valence-corrected chi connectivity index (χ2v) is 7.86. The van der Waals surface area contributed by atoms with Crippen molar-refractivity contribution >= 4 is 43.2 Å². The highest BCUT2D eigenvalue weighted by atomic mass is 79.9. The molecule has 1 aliphatic rings. The smallest absolute Gasteiger partial charge is 0.231 e. The molecule has 6 heteroatoms. The minimum atomic E-state index is 0.117. The van der Waals surface area contributed by atoms with Crippen molar-refractivity contribution in [1.29, 1.82) is 0 Å². The number of fused-ring (bicyclic) bond motifs is 1. The Morgan fingerprint density at radius 2 is 2.00 bits per heavy atom. The van der Waals surface area contributed by atoms with E-state index in [4.69, 9.17) is 9.47 Å². The van der Waals surface area contributed by atoms with Crippen LogP contribution in [-0.4, -0.2) is 13.8 Å². The van der Waals surface area contributed by atoms with Crippen molar-refractivity contribution in [3.8, 4) is 11.5 Å². The van der Waals surface area contributed by atoms with Crippen LogP contribution < -0.4 is 14.8 Å². The first-order chi connectivity index (χ1) is 9.19. The molecule has 1 atom stereocenters. The molecule has 0 amide bonds. The summed E-state index contributed by atoms with van der Waals surface area (Å²) in [7, 11) is 1.95. The Bertz CT molecular complexity index is 615. The van der Waals surface area contributed by atoms with Crippen LogP contribution in [0.25, 0.3) is 0 Å². The Morgan fingerprint density at radius 3 is 2.68 bits per heavy atom. The van der Waals surface area contributed by atoms with Gasteiger partial charge in [0.25, 0.3) is 0 Å². The topological polar surface area (TPSA) is 30.5 Å². The Labute approximate surface area is 132 Å². The molecule has 2 heterocycles. The van der Waals surface area contributed by atoms with E-state index in [-0.39, 0.29) is 6.04 Å². The number of ether oxygens (including phenoxy) is 2. The predicted molar refractivity (Wildman–Crippen MR) is 83.2 cm³/mol. The standard InChI is InChI=1S/C13H11Br2NO2S/c1-16-12(8-5-11(14)19-13(8)15)7-2-3-9-10(4-7)18-6-17-9/h2-5,12,16H,6H2,1H3. The van der Waals surface area contributed by atoms with Gasteiger partial charge in [-0.2, -0.15) is 0 Å². The molecule has 0 aliphatic carbocycles. The summed E-state index contributed by atoms with van der Waals surface area (Å²) in [6, 6.07) is 8.29. The first kappa shape index (κ1) is 13.4. The molecular formula is C13H11Br2NO2S. The first-order valence-electron chi connectivity index (χ1n) is 5.70. The highest BCUT2D eigenvalue weighted by molar-refractivity contribution is 9.12. The number of rotatable bonds is 3. The molecule has 0 radical (unpaired) electrons. The van der Waals surface area contributed by atoms with Gasteiger partial charge in [0, 0.05) is 0 Å². The largest absolute Gasteiger partial charge is 0.454 e. The van der Waals surface area contributed by atoms with Crippen molar-refractivity contribution in [1.82, 2.24) is 5.32 Å². The van der Waals surface area contributed by atoms with Gasteiger partial charge in [-0.05, 0) is 68.2 Å². The second kappa shape index (κ2) is 5.44. The summed E-state index contributed by atoms with van der Waals surface area (Å²) in [5.74, 6) is 1.62. The summed E-state index contributed by atoms with van der Waals surface area (Å²) in [5, 5.41) is 3.34. The van der Waals surface area contributed by atoms with E-state index in [9.17, 15) is 0 Å². The SMILES string of the molecule is CNC(c1ccc2c(c1)OCO2)c1cc(Br)sc1Br. The summed E-state index contributed by atoms with van der Waals surface area (Å²) < 4.78 is 13.0. The highest BCUT2D eigenvalue weighted by Gasteiger charge is 2.21. The van der Waals surface area contributed by atoms with Crippen molar-refractivity contribution in [2.75, 3.05) is 13.8 Å². The minimum Gasteiger partial charge on any atom is -0.454 e. The summed E-state index contributed by atoms with van der Waals surface area (Å²) >= 11 is 8.80. The molecule has 0 bridgehead atoms. The summed E-state index contributed by atoms with van der Waals surface area (Å²) in [6.45, 7) is 0.302. The average molecular weight is 405 g/mol. The molecule has 3 nitrogen and oxygen atoms in total. The predicted octanol–water partition coefficient (Wildman–Crippen LogP) is 4.31. The van der Waals surface area contributed by atoms with Crippen molar-refractivity contribution in [3.63, 3.8) is 0 Å². The molecule has 1 aromatic carbocycles. The normalized spacial score (nSPS) is 14.7. The van der Waals surface area contributed by atoms with E-state index in [2.05, 4.69) is 49.3 Å². The van der Waals surface area contributed by atoms with Crippen LogP contribution in [-0.2, 0) is 0 Å². The molecule has 19 heavy (non-hydrogen) atoms. The van der Waals surface area contributed by atoms with Crippen molar-refractivity contribution in [2.45, 2.75) is 6.04 Å². The van der Waals surface area contributed by atoms with Crippen molar-refractivity contribution < 1.29 is 9.47 Å². The van der Waals surface area contributed by atoms with Gasteiger partial charge in [0.15, 0.2) is 11.5 Å². The molecule has 3 rings (SSSR count). The highest BCUT2D eigenvalue weighted by Crippen LogP contribution is 2.40. The molecule has 100 valence electrons. The summed E-state index contributed by atoms with van der Waals surface area (Å²) in [5.41, 5.74) is 2.36. The molecule has 1 aliphatic heterocycles. The first-order valence-corrected chi connectivity index (χ1v) is 8.11. The number of halogens is 2. The van der Waals surface area contributed by atoms with Gasteiger partial charge >= 0.3 is 0 Å². The number of benzene rings is 1. The van der Waals surface area contributed by atoms with Crippen LogP contribution in [0.4, 0.5) is 0 Å². The van der Waals surface area contributed by atoms with Gasteiger partial charge in [0.05, 0.1) is 13.6 Å². The zero-order chi connectivity index (χ0) is 13.4. The lowest BCUT2D eigenvalue weighted by molar-refractivity contribution is 0.174. The maximum Gasteiger partial charge on any atom is 0.231 e. The third-order valence-electron chi connectivity index (χ3n) is 3.01. The van der Waals surface area contributed by atoms with Crippen LogP contribution in [0.2, 0.25) is 0 Å². The fourth-order valence-corrected chi connectivity index (χ4v) is 5.05. The van der Waals surface area contributed by atoms with E-state index >= 15 is 0 Å². The number of thiophene rings is 1. The van der Waals surface area contributed by atoms with Crippen molar-refractivity contribution in [3.05, 3.63) is 43.0 Å². The van der Waals surface area contributed by atoms with Gasteiger partial charge in [-0.1, -0.05) is 6.07 Å². The van der Waals surface area contributed by atoms with Gasteiger partial charge in [0.2, 0.25) is 6.79 Å². The van der Waals surface area contributed by atoms with Gasteiger partial charge in [-0.3, -0.25) is 0 Å². The molecule has 1 unspecified atom stereocenters. The molecular weight excluding hydrogens is 394 g/mol. The Hall–Kier alpha value is -0.560. The van der Waals surface area contributed by atoms with Gasteiger partial charge in [-0.15, -0.1) is 11.3 Å². The van der Waals surface area contributed by atoms with Gasteiger partial charge in [0.1, 0.15) is 0 Å². The fraction of sp³-hybridized carbons (Fsp3) is 0.231. The van der Waals surface area contributed by atoms with Crippen LogP contribution in [0.5, 0.6) is 11.5 Å². The maximum atomic E-state index is 5.44. The molecule has 0 fully saturated rings. The Kier molecular flexibility index (Phi) is 3.84. The van der Waals surface area contributed by atoms with E-state index in [1.807, 2.05) is 19.2 Å². The van der Waals surface area contributed by atoms with Crippen molar-refractivity contribution in [2.24, 2.45) is 0 Å². The van der Waals surface area contributed by atoms with E-state index in [0.717, 1.165) is 24.6 Å². The molecule has 1 N–H and O–H groups in total. The van der Waals surface area contributed by atoms with E-state index in [0.29, 0.717) is 6.79 Å². The number of hydrogen-bond acceptors (Lipinski definition) is 4. The van der Waals surface area contributed by atoms with Crippen LogP contribution in [0.1, 0.15) is 17.2 Å². The monoisotopic (exact) mass is 403 g/mol. The number of nitrogens with one attached hydrogen (secondary N) is 1. The fourth-order valence-electron chi connectivity index (χ4n) is 2.14. The molecule has 2 aromatic rings. The van der Waals surface area contributed by atoms with Gasteiger partial charge < -0.3 is 14.8 Å². The molecule has 0 saturated heterocycles. The average Bonchev–Trinajstić information content (AvgIpc) is 2.97. The van der Waals surface area contributed by atoms with Crippen LogP contribution in [0, 0.1) is 0 Å². The van der Waals surface area contributed by atoms with E-state index in [1.54, 1.807) is 11.3 Å². The zero-order valence-electron chi connectivity index (χ0n) is 10.1. The lowest BCUT2D eigenvalue weighted by atomic mass is 10.0. The lowest BCUT2D eigenvalue weighted by Gasteiger charge is -2.16. The minimum absolute atomic E-state index is 0.117. The number of hydrogen-bond donors (Lipinski definition) is 1. The van der Waals surface area contributed by atoms with Gasteiger partial charge in [-0.25, -0.2) is 0 Å². The quantitative estimate of drug-likeness (QED) is 0.826. The third-order valence-corrected chi connectivity index (χ3v) is 5.40.